The molecule has 1 aliphatic rings. The molecule has 2 heterocycles. The molecule has 0 amide bonds. The zero-order valence-electron chi connectivity index (χ0n) is 9.77. The second-order valence-corrected chi connectivity index (χ2v) is 5.76. The quantitative estimate of drug-likeness (QED) is 0.841. The molecule has 0 radical (unpaired) electrons. The number of nitrogens with zero attached hydrogens (tertiary/aromatic N) is 1. The van der Waals surface area contributed by atoms with E-state index in [1.165, 1.54) is 10.4 Å². The zero-order chi connectivity index (χ0) is 11.7. The number of hydrogen-bond donors (Lipinski definition) is 1. The molecule has 2 rings (SSSR count). The van der Waals surface area contributed by atoms with E-state index in [1.807, 2.05) is 11.3 Å². The van der Waals surface area contributed by atoms with Crippen molar-refractivity contribution in [3.05, 3.63) is 21.9 Å². The highest BCUT2D eigenvalue weighted by Gasteiger charge is 2.30. The van der Waals surface area contributed by atoms with E-state index in [0.717, 1.165) is 19.4 Å². The fourth-order valence-corrected chi connectivity index (χ4v) is 3.82. The maximum atomic E-state index is 5.83. The van der Waals surface area contributed by atoms with Crippen LogP contribution in [0.15, 0.2) is 11.4 Å². The average molecular weight is 254 g/mol. The van der Waals surface area contributed by atoms with E-state index in [1.54, 1.807) is 0 Å². The lowest BCUT2D eigenvalue weighted by atomic mass is 9.98. The Balaban J connectivity index is 2.23. The van der Waals surface area contributed by atoms with Gasteiger partial charge in [-0.05, 0) is 36.8 Å². The molecule has 4 heteroatoms. The lowest BCUT2D eigenvalue weighted by Gasteiger charge is -2.38. The highest BCUT2D eigenvalue weighted by Crippen LogP contribution is 2.34. The predicted molar refractivity (Wildman–Crippen MR) is 74.0 cm³/mol. The monoisotopic (exact) mass is 254 g/mol. The minimum atomic E-state index is 0.248. The Kier molecular flexibility index (Phi) is 3.62. The number of fused-ring (bicyclic) bond motifs is 1. The van der Waals surface area contributed by atoms with Gasteiger partial charge < -0.3 is 5.73 Å². The predicted octanol–water partition coefficient (Wildman–Crippen LogP) is 2.73. The summed E-state index contributed by atoms with van der Waals surface area (Å²) in [5.74, 6) is 0. The summed E-state index contributed by atoms with van der Waals surface area (Å²) in [5.41, 5.74) is 7.29. The third-order valence-corrected chi connectivity index (χ3v) is 4.71. The Labute approximate surface area is 106 Å². The van der Waals surface area contributed by atoms with Gasteiger partial charge in [-0.1, -0.05) is 19.1 Å². The zero-order valence-corrected chi connectivity index (χ0v) is 11.4. The van der Waals surface area contributed by atoms with Crippen LogP contribution < -0.4 is 5.73 Å². The van der Waals surface area contributed by atoms with Crippen molar-refractivity contribution in [3.63, 3.8) is 0 Å². The summed E-state index contributed by atoms with van der Waals surface area (Å²) in [7, 11) is 0. The SMILES string of the molecule is CCC(C(N)=S)N1CCc2sccc2C1C. The first-order valence-corrected chi connectivity index (χ1v) is 7.05. The van der Waals surface area contributed by atoms with Gasteiger partial charge in [0.25, 0.3) is 0 Å². The van der Waals surface area contributed by atoms with Gasteiger partial charge in [0.1, 0.15) is 0 Å². The molecule has 0 saturated carbocycles. The van der Waals surface area contributed by atoms with E-state index >= 15 is 0 Å². The molecule has 88 valence electrons. The molecule has 0 aromatic carbocycles. The summed E-state index contributed by atoms with van der Waals surface area (Å²) in [6, 6.07) is 2.93. The Morgan fingerprint density at radius 2 is 2.50 bits per heavy atom. The van der Waals surface area contributed by atoms with Crippen molar-refractivity contribution in [2.45, 2.75) is 38.8 Å². The van der Waals surface area contributed by atoms with Crippen LogP contribution in [-0.2, 0) is 6.42 Å². The molecule has 16 heavy (non-hydrogen) atoms. The van der Waals surface area contributed by atoms with Crippen molar-refractivity contribution in [1.29, 1.82) is 0 Å². The number of hydrogen-bond acceptors (Lipinski definition) is 3. The summed E-state index contributed by atoms with van der Waals surface area (Å²) in [6.45, 7) is 5.48. The Hall–Kier alpha value is -0.450. The Morgan fingerprint density at radius 3 is 3.12 bits per heavy atom. The molecule has 0 fully saturated rings. The van der Waals surface area contributed by atoms with Crippen molar-refractivity contribution in [3.8, 4) is 0 Å². The molecule has 1 aromatic heterocycles. The van der Waals surface area contributed by atoms with E-state index in [-0.39, 0.29) is 6.04 Å². The Bertz CT molecular complexity index is 386. The second-order valence-electron chi connectivity index (χ2n) is 4.29. The van der Waals surface area contributed by atoms with E-state index in [9.17, 15) is 0 Å². The number of rotatable bonds is 3. The van der Waals surface area contributed by atoms with Crippen LogP contribution in [0.4, 0.5) is 0 Å². The number of thiophene rings is 1. The number of nitrogens with two attached hydrogens (primary N) is 1. The largest absolute Gasteiger partial charge is 0.392 e. The minimum Gasteiger partial charge on any atom is -0.392 e. The fourth-order valence-electron chi connectivity index (χ4n) is 2.55. The van der Waals surface area contributed by atoms with Crippen LogP contribution >= 0.6 is 23.6 Å². The van der Waals surface area contributed by atoms with Crippen LogP contribution in [0, 0.1) is 0 Å². The standard InChI is InChI=1S/C12H18N2S2/c1-3-10(12(13)15)14-6-4-11-9(8(14)2)5-7-16-11/h5,7-8,10H,3-4,6H2,1-2H3,(H2,13,15). The van der Waals surface area contributed by atoms with E-state index in [2.05, 4.69) is 30.2 Å². The lowest BCUT2D eigenvalue weighted by molar-refractivity contribution is 0.170. The van der Waals surface area contributed by atoms with Gasteiger partial charge in [-0.3, -0.25) is 4.90 Å². The van der Waals surface area contributed by atoms with Crippen molar-refractivity contribution in [2.24, 2.45) is 5.73 Å². The van der Waals surface area contributed by atoms with E-state index in [4.69, 9.17) is 18.0 Å². The number of thiocarbonyl (C=S) groups is 1. The molecule has 0 aliphatic carbocycles. The van der Waals surface area contributed by atoms with Crippen molar-refractivity contribution in [2.75, 3.05) is 6.54 Å². The van der Waals surface area contributed by atoms with Gasteiger partial charge in [0, 0.05) is 17.5 Å². The van der Waals surface area contributed by atoms with Crippen LogP contribution in [0.25, 0.3) is 0 Å². The van der Waals surface area contributed by atoms with Gasteiger partial charge in [0.15, 0.2) is 0 Å². The van der Waals surface area contributed by atoms with Gasteiger partial charge in [-0.25, -0.2) is 0 Å². The third-order valence-electron chi connectivity index (χ3n) is 3.44. The molecular formula is C12H18N2S2. The first-order chi connectivity index (χ1) is 7.65. The lowest BCUT2D eigenvalue weighted by Crippen LogP contribution is -2.47. The van der Waals surface area contributed by atoms with Crippen LogP contribution in [-0.4, -0.2) is 22.5 Å². The summed E-state index contributed by atoms with van der Waals surface area (Å²) in [4.78, 5) is 4.60. The maximum Gasteiger partial charge on any atom is 0.0902 e. The Morgan fingerprint density at radius 1 is 1.75 bits per heavy atom. The van der Waals surface area contributed by atoms with Gasteiger partial charge in [-0.2, -0.15) is 0 Å². The molecule has 2 N–H and O–H groups in total. The van der Waals surface area contributed by atoms with Gasteiger partial charge in [-0.15, -0.1) is 11.3 Å². The smallest absolute Gasteiger partial charge is 0.0902 e. The average Bonchev–Trinajstić information content (AvgIpc) is 2.70. The summed E-state index contributed by atoms with van der Waals surface area (Å²) >= 11 is 7.03. The molecule has 0 saturated heterocycles. The molecule has 0 spiro atoms. The van der Waals surface area contributed by atoms with Gasteiger partial charge >= 0.3 is 0 Å². The highest BCUT2D eigenvalue weighted by atomic mass is 32.1. The molecule has 2 unspecified atom stereocenters. The molecule has 1 aliphatic heterocycles. The van der Waals surface area contributed by atoms with E-state index < -0.39 is 0 Å². The van der Waals surface area contributed by atoms with Crippen LogP contribution in [0.3, 0.4) is 0 Å². The first-order valence-electron chi connectivity index (χ1n) is 5.76. The molecule has 0 bridgehead atoms. The van der Waals surface area contributed by atoms with Gasteiger partial charge in [0.2, 0.25) is 0 Å². The molecular weight excluding hydrogens is 236 g/mol. The maximum absolute atomic E-state index is 5.83. The topological polar surface area (TPSA) is 29.3 Å². The van der Waals surface area contributed by atoms with Crippen LogP contribution in [0.5, 0.6) is 0 Å². The molecule has 2 atom stereocenters. The summed E-state index contributed by atoms with van der Waals surface area (Å²) < 4.78 is 0. The highest BCUT2D eigenvalue weighted by molar-refractivity contribution is 7.80. The van der Waals surface area contributed by atoms with Crippen LogP contribution in [0.2, 0.25) is 0 Å². The first kappa shape index (κ1) is 12.0. The summed E-state index contributed by atoms with van der Waals surface area (Å²) in [6.07, 6.45) is 2.13. The fraction of sp³-hybridized carbons (Fsp3) is 0.583. The normalized spacial score (nSPS) is 22.8. The minimum absolute atomic E-state index is 0.248. The van der Waals surface area contributed by atoms with Crippen molar-refractivity contribution in [1.82, 2.24) is 4.90 Å². The summed E-state index contributed by atoms with van der Waals surface area (Å²) in [5, 5.41) is 2.19. The molecule has 1 aromatic rings. The molecule has 2 nitrogen and oxygen atoms in total. The van der Waals surface area contributed by atoms with Crippen molar-refractivity contribution >= 4 is 28.5 Å². The van der Waals surface area contributed by atoms with Crippen molar-refractivity contribution < 1.29 is 0 Å². The van der Waals surface area contributed by atoms with E-state index in [0.29, 0.717) is 11.0 Å². The second kappa shape index (κ2) is 4.82. The van der Waals surface area contributed by atoms with Crippen LogP contribution in [0.1, 0.15) is 36.8 Å². The third kappa shape index (κ3) is 2.01. The van der Waals surface area contributed by atoms with Gasteiger partial charge in [0.05, 0.1) is 11.0 Å².